The van der Waals surface area contributed by atoms with E-state index in [-0.39, 0.29) is 11.9 Å². The molecular formula is C14H16ClN3O. The van der Waals surface area contributed by atoms with Crippen molar-refractivity contribution in [1.82, 2.24) is 10.6 Å². The Bertz CT molecular complexity index is 520. The van der Waals surface area contributed by atoms with Gasteiger partial charge in [0.05, 0.1) is 17.7 Å². The summed E-state index contributed by atoms with van der Waals surface area (Å²) in [6.45, 7) is 2.33. The maximum Gasteiger partial charge on any atom is 0.237 e. The molecule has 19 heavy (non-hydrogen) atoms. The van der Waals surface area contributed by atoms with Gasteiger partial charge >= 0.3 is 0 Å². The molecular weight excluding hydrogens is 262 g/mol. The van der Waals surface area contributed by atoms with Gasteiger partial charge in [-0.2, -0.15) is 5.26 Å². The summed E-state index contributed by atoms with van der Waals surface area (Å²) in [6.07, 6.45) is 2.17. The van der Waals surface area contributed by atoms with E-state index >= 15 is 0 Å². The van der Waals surface area contributed by atoms with Crippen LogP contribution in [-0.4, -0.2) is 18.0 Å². The first-order valence-corrected chi connectivity index (χ1v) is 6.70. The first kappa shape index (κ1) is 13.9. The van der Waals surface area contributed by atoms with Crippen molar-refractivity contribution in [2.24, 2.45) is 0 Å². The van der Waals surface area contributed by atoms with Gasteiger partial charge in [0.15, 0.2) is 0 Å². The van der Waals surface area contributed by atoms with Crippen molar-refractivity contribution >= 4 is 17.5 Å². The topological polar surface area (TPSA) is 64.9 Å². The maximum atomic E-state index is 11.8. The van der Waals surface area contributed by atoms with E-state index in [0.717, 1.165) is 18.4 Å². The number of carbonyl (C=O) groups is 1. The lowest BCUT2D eigenvalue weighted by atomic mass is 10.1. The van der Waals surface area contributed by atoms with Gasteiger partial charge in [-0.1, -0.05) is 17.7 Å². The number of benzene rings is 1. The van der Waals surface area contributed by atoms with Crippen molar-refractivity contribution in [1.29, 1.82) is 5.26 Å². The zero-order valence-electron chi connectivity index (χ0n) is 10.7. The molecule has 0 bridgehead atoms. The molecule has 4 nitrogen and oxygen atoms in total. The van der Waals surface area contributed by atoms with Crippen LogP contribution in [0.25, 0.3) is 0 Å². The Hall–Kier alpha value is -1.57. The number of halogens is 1. The van der Waals surface area contributed by atoms with Crippen molar-refractivity contribution in [3.05, 3.63) is 34.3 Å². The van der Waals surface area contributed by atoms with Crippen LogP contribution < -0.4 is 10.6 Å². The Morgan fingerprint density at radius 1 is 1.58 bits per heavy atom. The van der Waals surface area contributed by atoms with Crippen LogP contribution >= 0.6 is 11.6 Å². The van der Waals surface area contributed by atoms with Crippen molar-refractivity contribution in [3.63, 3.8) is 0 Å². The molecule has 2 N–H and O–H groups in total. The second kappa shape index (κ2) is 6.05. The number of hydrogen-bond donors (Lipinski definition) is 2. The summed E-state index contributed by atoms with van der Waals surface area (Å²) in [5.41, 5.74) is 1.42. The van der Waals surface area contributed by atoms with E-state index in [2.05, 4.69) is 10.6 Å². The Kier molecular flexibility index (Phi) is 4.41. The summed E-state index contributed by atoms with van der Waals surface area (Å²) in [6, 6.07) is 7.31. The van der Waals surface area contributed by atoms with E-state index in [1.807, 2.05) is 13.0 Å². The minimum atomic E-state index is -0.257. The lowest BCUT2D eigenvalue weighted by molar-refractivity contribution is -0.122. The Balaban J connectivity index is 1.87. The van der Waals surface area contributed by atoms with Gasteiger partial charge in [0.2, 0.25) is 5.91 Å². The molecule has 0 saturated heterocycles. The van der Waals surface area contributed by atoms with Gasteiger partial charge in [-0.3, -0.25) is 4.79 Å². The summed E-state index contributed by atoms with van der Waals surface area (Å²) in [5.74, 6) is 0.0206. The zero-order chi connectivity index (χ0) is 13.8. The number of nitrogens with one attached hydrogen (secondary N) is 2. The highest BCUT2D eigenvalue weighted by molar-refractivity contribution is 6.31. The molecule has 1 aromatic carbocycles. The van der Waals surface area contributed by atoms with Crippen molar-refractivity contribution in [2.45, 2.75) is 38.4 Å². The molecule has 1 unspecified atom stereocenters. The van der Waals surface area contributed by atoms with Crippen LogP contribution in [0.5, 0.6) is 0 Å². The van der Waals surface area contributed by atoms with Crippen LogP contribution in [-0.2, 0) is 11.3 Å². The molecule has 2 rings (SSSR count). The minimum absolute atomic E-state index is 0.0206. The largest absolute Gasteiger partial charge is 0.352 e. The predicted octanol–water partition coefficient (Wildman–Crippen LogP) is 1.97. The van der Waals surface area contributed by atoms with Gasteiger partial charge in [-0.05, 0) is 37.5 Å². The molecule has 0 aliphatic heterocycles. The first-order chi connectivity index (χ1) is 9.10. The summed E-state index contributed by atoms with van der Waals surface area (Å²) in [5, 5.41) is 15.4. The molecule has 0 radical (unpaired) electrons. The third-order valence-corrected chi connectivity index (χ3v) is 3.45. The van der Waals surface area contributed by atoms with Crippen molar-refractivity contribution < 1.29 is 4.79 Å². The molecule has 1 aliphatic carbocycles. The van der Waals surface area contributed by atoms with E-state index in [4.69, 9.17) is 16.9 Å². The highest BCUT2D eigenvalue weighted by atomic mass is 35.5. The van der Waals surface area contributed by atoms with Gasteiger partial charge in [-0.15, -0.1) is 0 Å². The van der Waals surface area contributed by atoms with E-state index in [1.165, 1.54) is 0 Å². The average molecular weight is 278 g/mol. The Labute approximate surface area is 117 Å². The number of amides is 1. The molecule has 1 fully saturated rings. The quantitative estimate of drug-likeness (QED) is 0.865. The Morgan fingerprint density at radius 2 is 2.32 bits per heavy atom. The van der Waals surface area contributed by atoms with E-state index in [0.29, 0.717) is 23.2 Å². The first-order valence-electron chi connectivity index (χ1n) is 6.32. The Morgan fingerprint density at radius 3 is 2.89 bits per heavy atom. The summed E-state index contributed by atoms with van der Waals surface area (Å²) >= 11 is 6.07. The number of nitriles is 1. The van der Waals surface area contributed by atoms with Gasteiger partial charge < -0.3 is 10.6 Å². The normalized spacial score (nSPS) is 15.6. The van der Waals surface area contributed by atoms with Crippen LogP contribution in [0, 0.1) is 11.3 Å². The molecule has 1 atom stereocenters. The molecule has 0 aromatic heterocycles. The van der Waals surface area contributed by atoms with Gasteiger partial charge in [0.1, 0.15) is 0 Å². The molecule has 1 aromatic rings. The number of carbonyl (C=O) groups excluding carboxylic acids is 1. The fraction of sp³-hybridized carbons (Fsp3) is 0.429. The van der Waals surface area contributed by atoms with Crippen LogP contribution in [0.1, 0.15) is 30.9 Å². The maximum absolute atomic E-state index is 11.8. The molecule has 0 heterocycles. The summed E-state index contributed by atoms with van der Waals surface area (Å²) < 4.78 is 0. The van der Waals surface area contributed by atoms with Crippen molar-refractivity contribution in [2.75, 3.05) is 0 Å². The SMILES string of the molecule is CC(NCc1ccc(C#N)cc1Cl)C(=O)NC1CC1. The standard InChI is InChI=1S/C14H16ClN3O/c1-9(14(19)18-12-4-5-12)17-8-11-3-2-10(7-16)6-13(11)15/h2-3,6,9,12,17H,4-5,8H2,1H3,(H,18,19). The fourth-order valence-electron chi connectivity index (χ4n) is 1.67. The monoisotopic (exact) mass is 277 g/mol. The average Bonchev–Trinajstić information content (AvgIpc) is 3.20. The molecule has 5 heteroatoms. The van der Waals surface area contributed by atoms with Gasteiger partial charge in [-0.25, -0.2) is 0 Å². The third-order valence-electron chi connectivity index (χ3n) is 3.10. The predicted molar refractivity (Wildman–Crippen MR) is 73.6 cm³/mol. The zero-order valence-corrected chi connectivity index (χ0v) is 11.5. The number of nitrogens with zero attached hydrogens (tertiary/aromatic N) is 1. The highest BCUT2D eigenvalue weighted by Gasteiger charge is 2.25. The lowest BCUT2D eigenvalue weighted by Gasteiger charge is -2.14. The molecule has 0 spiro atoms. The summed E-state index contributed by atoms with van der Waals surface area (Å²) in [4.78, 5) is 11.8. The van der Waals surface area contributed by atoms with Crippen LogP contribution in [0.3, 0.4) is 0 Å². The van der Waals surface area contributed by atoms with Gasteiger partial charge in [0, 0.05) is 17.6 Å². The highest BCUT2D eigenvalue weighted by Crippen LogP contribution is 2.19. The van der Waals surface area contributed by atoms with E-state index in [9.17, 15) is 4.79 Å². The summed E-state index contributed by atoms with van der Waals surface area (Å²) in [7, 11) is 0. The lowest BCUT2D eigenvalue weighted by Crippen LogP contribution is -2.42. The molecule has 1 amide bonds. The fourth-order valence-corrected chi connectivity index (χ4v) is 1.92. The second-order valence-corrected chi connectivity index (χ2v) is 5.21. The van der Waals surface area contributed by atoms with Crippen LogP contribution in [0.4, 0.5) is 0 Å². The van der Waals surface area contributed by atoms with Crippen molar-refractivity contribution in [3.8, 4) is 6.07 Å². The molecule has 100 valence electrons. The van der Waals surface area contributed by atoms with Gasteiger partial charge in [0.25, 0.3) is 0 Å². The van der Waals surface area contributed by atoms with E-state index in [1.54, 1.807) is 18.2 Å². The van der Waals surface area contributed by atoms with E-state index < -0.39 is 0 Å². The molecule has 1 aliphatic rings. The van der Waals surface area contributed by atoms with Crippen LogP contribution in [0.15, 0.2) is 18.2 Å². The smallest absolute Gasteiger partial charge is 0.237 e. The number of hydrogen-bond acceptors (Lipinski definition) is 3. The third kappa shape index (κ3) is 3.95. The minimum Gasteiger partial charge on any atom is -0.352 e. The second-order valence-electron chi connectivity index (χ2n) is 4.80. The number of rotatable bonds is 5. The molecule has 1 saturated carbocycles. The van der Waals surface area contributed by atoms with Crippen LogP contribution in [0.2, 0.25) is 5.02 Å².